The monoisotopic (exact) mass is 110 g/mol. The summed E-state index contributed by atoms with van der Waals surface area (Å²) in [5.41, 5.74) is 2.08. The summed E-state index contributed by atoms with van der Waals surface area (Å²) in [6.45, 7) is 6.32. The summed E-state index contributed by atoms with van der Waals surface area (Å²) in [5, 5.41) is 3.21. The molecule has 0 fully saturated rings. The summed E-state index contributed by atoms with van der Waals surface area (Å²) < 4.78 is 0. The highest BCUT2D eigenvalue weighted by molar-refractivity contribution is 5.86. The van der Waals surface area contributed by atoms with E-state index in [9.17, 15) is 4.79 Å². The summed E-state index contributed by atoms with van der Waals surface area (Å²) in [5.74, 6) is 1.77. The van der Waals surface area contributed by atoms with Crippen LogP contribution in [-0.2, 0) is 4.79 Å². The molecule has 0 heterocycles. The van der Waals surface area contributed by atoms with Crippen LogP contribution in [0.4, 0.5) is 0 Å². The molecule has 0 aromatic carbocycles. The number of hydrogen-bond donors (Lipinski definition) is 1. The van der Waals surface area contributed by atoms with Gasteiger partial charge in [-0.05, 0) is 12.7 Å². The van der Waals surface area contributed by atoms with Gasteiger partial charge in [0.2, 0.25) is 0 Å². The highest BCUT2D eigenvalue weighted by Crippen LogP contribution is 1.61. The molecule has 3 nitrogen and oxygen atoms in total. The van der Waals surface area contributed by atoms with Crippen LogP contribution in [0.1, 0.15) is 0 Å². The molecule has 0 rings (SSSR count). The maximum atomic E-state index is 10.2. The Balaban J connectivity index is 3.55. The van der Waals surface area contributed by atoms with Crippen molar-refractivity contribution in [3.05, 3.63) is 19.2 Å². The first-order valence-electron chi connectivity index (χ1n) is 1.95. The van der Waals surface area contributed by atoms with Crippen molar-refractivity contribution < 1.29 is 4.79 Å². The van der Waals surface area contributed by atoms with Crippen LogP contribution in [0.25, 0.3) is 0 Å². The fraction of sp³-hybridized carbons (Fsp3) is 0. The molecule has 0 bridgehead atoms. The molecular formula is C5H6N2O. The molecule has 0 aliphatic rings. The molecule has 3 heteroatoms. The van der Waals surface area contributed by atoms with Gasteiger partial charge in [0, 0.05) is 5.87 Å². The SMILES string of the molecule is C=C=NNC(=O)C=C. The molecule has 0 radical (unpaired) electrons. The standard InChI is InChI=1S/C5H6N2O/c1-3-5(8)7-6-4-2/h3H,1-2H2,(H,7,8). The molecule has 0 aliphatic carbocycles. The molecule has 0 aliphatic heterocycles. The van der Waals surface area contributed by atoms with E-state index >= 15 is 0 Å². The van der Waals surface area contributed by atoms with E-state index < -0.39 is 0 Å². The Morgan fingerprint density at radius 1 is 1.88 bits per heavy atom. The minimum atomic E-state index is -0.360. The fourth-order valence-electron chi connectivity index (χ4n) is 0.140. The smallest absolute Gasteiger partial charge is 0.264 e. The number of rotatable bonds is 2. The van der Waals surface area contributed by atoms with Crippen molar-refractivity contribution >= 4 is 11.8 Å². The topological polar surface area (TPSA) is 41.5 Å². The fourth-order valence-corrected chi connectivity index (χ4v) is 0.140. The van der Waals surface area contributed by atoms with Gasteiger partial charge in [0.05, 0.1) is 0 Å². The van der Waals surface area contributed by atoms with E-state index in [1.807, 2.05) is 0 Å². The molecule has 0 spiro atoms. The molecule has 1 N–H and O–H groups in total. The second-order valence-electron chi connectivity index (χ2n) is 0.950. The molecular weight excluding hydrogens is 104 g/mol. The third-order valence-electron chi connectivity index (χ3n) is 0.431. The van der Waals surface area contributed by atoms with Gasteiger partial charge in [0.1, 0.15) is 0 Å². The average molecular weight is 110 g/mol. The third kappa shape index (κ3) is 2.87. The minimum absolute atomic E-state index is 0.360. The van der Waals surface area contributed by atoms with Gasteiger partial charge in [-0.3, -0.25) is 4.79 Å². The van der Waals surface area contributed by atoms with Crippen LogP contribution in [0.3, 0.4) is 0 Å². The van der Waals surface area contributed by atoms with Gasteiger partial charge in [0.15, 0.2) is 0 Å². The molecule has 0 saturated heterocycles. The highest BCUT2D eigenvalue weighted by atomic mass is 16.2. The first-order valence-corrected chi connectivity index (χ1v) is 1.95. The van der Waals surface area contributed by atoms with Crippen LogP contribution >= 0.6 is 0 Å². The van der Waals surface area contributed by atoms with Crippen molar-refractivity contribution in [2.45, 2.75) is 0 Å². The molecule has 0 saturated carbocycles. The van der Waals surface area contributed by atoms with E-state index in [2.05, 4.69) is 29.6 Å². The maximum absolute atomic E-state index is 10.2. The Bertz CT molecular complexity index is 145. The Hall–Kier alpha value is -1.34. The van der Waals surface area contributed by atoms with Crippen LogP contribution in [-0.4, -0.2) is 11.8 Å². The van der Waals surface area contributed by atoms with Gasteiger partial charge >= 0.3 is 0 Å². The van der Waals surface area contributed by atoms with E-state index in [0.717, 1.165) is 6.08 Å². The van der Waals surface area contributed by atoms with Crippen LogP contribution < -0.4 is 5.43 Å². The van der Waals surface area contributed by atoms with Crippen molar-refractivity contribution in [3.8, 4) is 0 Å². The van der Waals surface area contributed by atoms with E-state index in [1.54, 1.807) is 0 Å². The minimum Gasteiger partial charge on any atom is -0.268 e. The molecule has 1 amide bonds. The van der Waals surface area contributed by atoms with Gasteiger partial charge in [-0.2, -0.15) is 0 Å². The van der Waals surface area contributed by atoms with Crippen molar-refractivity contribution in [2.75, 3.05) is 0 Å². The Morgan fingerprint density at radius 2 is 2.50 bits per heavy atom. The van der Waals surface area contributed by atoms with Crippen LogP contribution in [0.2, 0.25) is 0 Å². The highest BCUT2D eigenvalue weighted by Gasteiger charge is 1.83. The normalized spacial score (nSPS) is 6.50. The predicted octanol–water partition coefficient (Wildman–Crippen LogP) is 0.0593. The predicted molar refractivity (Wildman–Crippen MR) is 31.4 cm³/mol. The van der Waals surface area contributed by atoms with Crippen LogP contribution in [0.5, 0.6) is 0 Å². The lowest BCUT2D eigenvalue weighted by atomic mass is 10.6. The van der Waals surface area contributed by atoms with E-state index in [1.165, 1.54) is 0 Å². The van der Waals surface area contributed by atoms with Crippen LogP contribution in [0.15, 0.2) is 24.3 Å². The van der Waals surface area contributed by atoms with E-state index in [4.69, 9.17) is 0 Å². The van der Waals surface area contributed by atoms with Gasteiger partial charge in [-0.1, -0.05) is 6.58 Å². The van der Waals surface area contributed by atoms with Crippen molar-refractivity contribution in [1.82, 2.24) is 5.43 Å². The van der Waals surface area contributed by atoms with Gasteiger partial charge < -0.3 is 0 Å². The zero-order chi connectivity index (χ0) is 6.41. The molecule has 0 aromatic rings. The number of hydrogen-bond acceptors (Lipinski definition) is 2. The number of amides is 1. The zero-order valence-corrected chi connectivity index (χ0v) is 4.35. The maximum Gasteiger partial charge on any atom is 0.264 e. The molecule has 0 aromatic heterocycles. The number of hydrazone groups is 1. The summed E-state index contributed by atoms with van der Waals surface area (Å²) in [4.78, 5) is 10.2. The lowest BCUT2D eigenvalue weighted by Crippen LogP contribution is -2.12. The lowest BCUT2D eigenvalue weighted by Gasteiger charge is -1.84. The zero-order valence-electron chi connectivity index (χ0n) is 4.35. The van der Waals surface area contributed by atoms with Gasteiger partial charge in [-0.25, -0.2) is 5.43 Å². The third-order valence-corrected chi connectivity index (χ3v) is 0.431. The second-order valence-corrected chi connectivity index (χ2v) is 0.950. The number of nitrogens with one attached hydrogen (secondary N) is 1. The van der Waals surface area contributed by atoms with E-state index in [0.29, 0.717) is 0 Å². The first kappa shape index (κ1) is 6.66. The largest absolute Gasteiger partial charge is 0.268 e. The Labute approximate surface area is 47.4 Å². The molecule has 0 atom stereocenters. The quantitative estimate of drug-likeness (QED) is 0.305. The van der Waals surface area contributed by atoms with Gasteiger partial charge in [-0.15, -0.1) is 5.10 Å². The Morgan fingerprint density at radius 3 is 2.88 bits per heavy atom. The first-order chi connectivity index (χ1) is 3.81. The average Bonchev–Trinajstić information content (AvgIpc) is 1.83. The Kier molecular flexibility index (Phi) is 3.19. The van der Waals surface area contributed by atoms with Crippen LogP contribution in [0, 0.1) is 0 Å². The summed E-state index contributed by atoms with van der Waals surface area (Å²) in [6, 6.07) is 0. The van der Waals surface area contributed by atoms with Crippen molar-refractivity contribution in [1.29, 1.82) is 0 Å². The summed E-state index contributed by atoms with van der Waals surface area (Å²) in [6.07, 6.45) is 1.11. The molecule has 8 heavy (non-hydrogen) atoms. The molecule has 0 unspecified atom stereocenters. The lowest BCUT2D eigenvalue weighted by molar-refractivity contribution is -0.116. The second kappa shape index (κ2) is 3.84. The van der Waals surface area contributed by atoms with Crippen molar-refractivity contribution in [2.24, 2.45) is 5.10 Å². The molecule has 42 valence electrons. The van der Waals surface area contributed by atoms with E-state index in [-0.39, 0.29) is 5.91 Å². The number of nitrogens with zero attached hydrogens (tertiary/aromatic N) is 1. The van der Waals surface area contributed by atoms with Gasteiger partial charge in [0.25, 0.3) is 5.91 Å². The van der Waals surface area contributed by atoms with Crippen molar-refractivity contribution in [3.63, 3.8) is 0 Å². The summed E-state index contributed by atoms with van der Waals surface area (Å²) >= 11 is 0. The number of carbonyl (C=O) groups excluding carboxylic acids is 1. The number of carbonyl (C=O) groups is 1. The summed E-state index contributed by atoms with van der Waals surface area (Å²) in [7, 11) is 0.